The predicted octanol–water partition coefficient (Wildman–Crippen LogP) is 4.53. The third-order valence-electron chi connectivity index (χ3n) is 5.17. The zero-order valence-corrected chi connectivity index (χ0v) is 20.7. The zero-order chi connectivity index (χ0) is 24.1. The molecule has 1 aliphatic carbocycles. The molecule has 0 saturated heterocycles. The highest BCUT2D eigenvalue weighted by Gasteiger charge is 2.29. The number of amides is 1. The van der Waals surface area contributed by atoms with Gasteiger partial charge >= 0.3 is 17.9 Å². The molecule has 33 heavy (non-hydrogen) atoms. The first-order valence-electron chi connectivity index (χ1n) is 10.9. The van der Waals surface area contributed by atoms with Gasteiger partial charge < -0.3 is 19.5 Å². The molecule has 0 aliphatic heterocycles. The van der Waals surface area contributed by atoms with E-state index in [1.54, 1.807) is 20.8 Å². The Morgan fingerprint density at radius 2 is 1.67 bits per heavy atom. The molecule has 1 N–H and O–H groups in total. The highest BCUT2D eigenvalue weighted by molar-refractivity contribution is 7.18. The summed E-state index contributed by atoms with van der Waals surface area (Å²) in [5.74, 6) is -2.43. The summed E-state index contributed by atoms with van der Waals surface area (Å²) in [6, 6.07) is 1.85. The van der Waals surface area contributed by atoms with Gasteiger partial charge in [0.05, 0.1) is 18.8 Å². The topological polar surface area (TPSA) is 108 Å². The van der Waals surface area contributed by atoms with E-state index in [4.69, 9.17) is 14.2 Å². The molecule has 0 aromatic carbocycles. The van der Waals surface area contributed by atoms with Crippen molar-refractivity contribution in [1.29, 1.82) is 0 Å². The SMILES string of the molecule is CCOC(=O)c1sc(NC(=O)C(C)OC(=O)c2cc3c(s2)CCCC3)c(C(=O)OCC)c1C. The van der Waals surface area contributed by atoms with Gasteiger partial charge in [0.15, 0.2) is 6.10 Å². The lowest BCUT2D eigenvalue weighted by molar-refractivity contribution is -0.123. The number of carbonyl (C=O) groups excluding carboxylic acids is 4. The van der Waals surface area contributed by atoms with Crippen LogP contribution in [0.3, 0.4) is 0 Å². The average Bonchev–Trinajstić information content (AvgIpc) is 3.35. The lowest BCUT2D eigenvalue weighted by atomic mass is 9.99. The van der Waals surface area contributed by atoms with Crippen LogP contribution >= 0.6 is 22.7 Å². The van der Waals surface area contributed by atoms with Crippen LogP contribution in [0.2, 0.25) is 0 Å². The fourth-order valence-corrected chi connectivity index (χ4v) is 5.75. The second-order valence-corrected chi connectivity index (χ2v) is 9.66. The van der Waals surface area contributed by atoms with E-state index >= 15 is 0 Å². The minimum absolute atomic E-state index is 0.0858. The Hall–Kier alpha value is -2.72. The number of fused-ring (bicyclic) bond motifs is 1. The molecular weight excluding hydrogens is 466 g/mol. The number of esters is 3. The van der Waals surface area contributed by atoms with Crippen LogP contribution in [0, 0.1) is 6.92 Å². The van der Waals surface area contributed by atoms with Crippen molar-refractivity contribution in [2.45, 2.75) is 59.5 Å². The van der Waals surface area contributed by atoms with Crippen molar-refractivity contribution < 1.29 is 33.4 Å². The summed E-state index contributed by atoms with van der Waals surface area (Å²) < 4.78 is 15.5. The van der Waals surface area contributed by atoms with Crippen LogP contribution in [0.4, 0.5) is 5.00 Å². The average molecular weight is 494 g/mol. The molecule has 2 aromatic rings. The van der Waals surface area contributed by atoms with E-state index in [0.29, 0.717) is 10.4 Å². The highest BCUT2D eigenvalue weighted by Crippen LogP contribution is 2.35. The Kier molecular flexibility index (Phi) is 8.25. The number of hydrogen-bond donors (Lipinski definition) is 1. The van der Waals surface area contributed by atoms with E-state index in [1.165, 1.54) is 28.7 Å². The quantitative estimate of drug-likeness (QED) is 0.425. The molecule has 0 bridgehead atoms. The lowest BCUT2D eigenvalue weighted by Gasteiger charge is -2.13. The maximum Gasteiger partial charge on any atom is 0.349 e. The molecule has 10 heteroatoms. The van der Waals surface area contributed by atoms with Gasteiger partial charge in [-0.25, -0.2) is 14.4 Å². The molecule has 0 spiro atoms. The van der Waals surface area contributed by atoms with Crippen molar-refractivity contribution in [3.8, 4) is 0 Å². The third kappa shape index (κ3) is 5.62. The monoisotopic (exact) mass is 493 g/mol. The van der Waals surface area contributed by atoms with Crippen molar-refractivity contribution in [2.75, 3.05) is 18.5 Å². The number of nitrogens with one attached hydrogen (secondary N) is 1. The van der Waals surface area contributed by atoms with Gasteiger partial charge in [0.25, 0.3) is 5.91 Å². The maximum atomic E-state index is 12.8. The molecule has 0 radical (unpaired) electrons. The number of hydrogen-bond acceptors (Lipinski definition) is 9. The second-order valence-electron chi connectivity index (χ2n) is 7.50. The van der Waals surface area contributed by atoms with Crippen LogP contribution in [-0.4, -0.2) is 43.1 Å². The molecule has 178 valence electrons. The first-order chi connectivity index (χ1) is 15.8. The molecule has 3 rings (SSSR count). The number of aryl methyl sites for hydroxylation is 2. The van der Waals surface area contributed by atoms with Crippen molar-refractivity contribution in [3.05, 3.63) is 37.4 Å². The fourth-order valence-electron chi connectivity index (χ4n) is 3.52. The molecule has 1 unspecified atom stereocenters. The van der Waals surface area contributed by atoms with Crippen LogP contribution in [0.25, 0.3) is 0 Å². The van der Waals surface area contributed by atoms with Gasteiger partial charge in [-0.3, -0.25) is 4.79 Å². The van der Waals surface area contributed by atoms with Gasteiger partial charge in [-0.2, -0.15) is 0 Å². The van der Waals surface area contributed by atoms with Gasteiger partial charge in [0.2, 0.25) is 0 Å². The Balaban J connectivity index is 1.75. The van der Waals surface area contributed by atoms with Crippen LogP contribution in [0.15, 0.2) is 6.07 Å². The number of ether oxygens (including phenoxy) is 3. The smallest absolute Gasteiger partial charge is 0.349 e. The summed E-state index contributed by atoms with van der Waals surface area (Å²) in [4.78, 5) is 52.0. The summed E-state index contributed by atoms with van der Waals surface area (Å²) in [7, 11) is 0. The van der Waals surface area contributed by atoms with Crippen LogP contribution in [-0.2, 0) is 31.8 Å². The molecule has 8 nitrogen and oxygen atoms in total. The Bertz CT molecular complexity index is 1050. The molecule has 1 atom stereocenters. The number of anilines is 1. The number of carbonyl (C=O) groups is 4. The Morgan fingerprint density at radius 3 is 2.33 bits per heavy atom. The summed E-state index contributed by atoms with van der Waals surface area (Å²) in [5, 5.41) is 2.76. The van der Waals surface area contributed by atoms with E-state index in [1.807, 2.05) is 6.07 Å². The summed E-state index contributed by atoms with van der Waals surface area (Å²) in [6.45, 7) is 6.69. The predicted molar refractivity (Wildman–Crippen MR) is 125 cm³/mol. The van der Waals surface area contributed by atoms with Crippen molar-refractivity contribution >= 4 is 51.5 Å². The molecule has 0 fully saturated rings. The number of rotatable bonds is 8. The van der Waals surface area contributed by atoms with E-state index in [2.05, 4.69) is 5.32 Å². The molecular formula is C23H27NO7S2. The molecule has 2 heterocycles. The minimum atomic E-state index is -1.11. The zero-order valence-electron chi connectivity index (χ0n) is 19.1. The normalized spacial score (nSPS) is 13.6. The van der Waals surface area contributed by atoms with Crippen LogP contribution < -0.4 is 5.32 Å². The summed E-state index contributed by atoms with van der Waals surface area (Å²) in [5.41, 5.74) is 1.62. The maximum absolute atomic E-state index is 12.8. The van der Waals surface area contributed by atoms with Gasteiger partial charge in [-0.15, -0.1) is 22.7 Å². The second kappa shape index (κ2) is 10.9. The Morgan fingerprint density at radius 1 is 1.00 bits per heavy atom. The molecule has 1 amide bonds. The van der Waals surface area contributed by atoms with E-state index < -0.39 is 29.9 Å². The van der Waals surface area contributed by atoms with Gasteiger partial charge in [-0.05, 0) is 70.6 Å². The van der Waals surface area contributed by atoms with Gasteiger partial charge in [0, 0.05) is 4.88 Å². The van der Waals surface area contributed by atoms with Crippen LogP contribution in [0.5, 0.6) is 0 Å². The van der Waals surface area contributed by atoms with E-state index in [-0.39, 0.29) is 28.7 Å². The van der Waals surface area contributed by atoms with Crippen LogP contribution in [0.1, 0.15) is 79.3 Å². The first kappa shape index (κ1) is 24.9. The lowest BCUT2D eigenvalue weighted by Crippen LogP contribution is -2.30. The Labute approximate surface area is 200 Å². The standard InChI is InChI=1S/C23H27NO7S2/c1-5-29-22(27)17-12(3)18(23(28)30-6-2)33-20(17)24-19(25)13(4)31-21(26)16-11-14-9-7-8-10-15(14)32-16/h11,13H,5-10H2,1-4H3,(H,24,25). The fraction of sp³-hybridized carbons (Fsp3) is 0.478. The van der Waals surface area contributed by atoms with Crippen molar-refractivity contribution in [3.63, 3.8) is 0 Å². The molecule has 1 aliphatic rings. The third-order valence-corrected chi connectivity index (χ3v) is 7.58. The summed E-state index contributed by atoms with van der Waals surface area (Å²) in [6.07, 6.45) is 3.01. The largest absolute Gasteiger partial charge is 0.462 e. The van der Waals surface area contributed by atoms with Crippen molar-refractivity contribution in [2.24, 2.45) is 0 Å². The number of thiophene rings is 2. The van der Waals surface area contributed by atoms with Gasteiger partial charge in [-0.1, -0.05) is 0 Å². The van der Waals surface area contributed by atoms with E-state index in [0.717, 1.165) is 37.0 Å². The van der Waals surface area contributed by atoms with E-state index in [9.17, 15) is 19.2 Å². The van der Waals surface area contributed by atoms with Gasteiger partial charge in [0.1, 0.15) is 14.8 Å². The highest BCUT2D eigenvalue weighted by atomic mass is 32.1. The first-order valence-corrected chi connectivity index (χ1v) is 12.5. The molecule has 2 aromatic heterocycles. The molecule has 0 saturated carbocycles. The van der Waals surface area contributed by atoms with Crippen molar-refractivity contribution in [1.82, 2.24) is 0 Å². The summed E-state index contributed by atoms with van der Waals surface area (Å²) >= 11 is 2.33. The minimum Gasteiger partial charge on any atom is -0.462 e.